The molecule has 0 spiro atoms. The molecular weight excluding hydrogens is 128 g/mol. The highest BCUT2D eigenvalue weighted by Crippen LogP contribution is 1.91. The van der Waals surface area contributed by atoms with Crippen LogP contribution in [0, 0.1) is 0 Å². The molecule has 0 aromatic carbocycles. The van der Waals surface area contributed by atoms with E-state index in [1.54, 1.807) is 6.92 Å². The minimum Gasteiger partial charge on any atom is -0.750 e. The van der Waals surface area contributed by atoms with Crippen molar-refractivity contribution in [1.29, 1.82) is 0 Å². The predicted molar refractivity (Wildman–Crippen MR) is 29.7 cm³/mol. The maximum absolute atomic E-state index is 9.70. The Balaban J connectivity index is 3.38. The Labute approximate surface area is 50.8 Å². The monoisotopic (exact) mass is 135 g/mol. The van der Waals surface area contributed by atoms with Gasteiger partial charge >= 0.3 is 0 Å². The summed E-state index contributed by atoms with van der Waals surface area (Å²) in [4.78, 5) is 0. The lowest BCUT2D eigenvalue weighted by Gasteiger charge is -2.08. The summed E-state index contributed by atoms with van der Waals surface area (Å²) < 4.78 is 23.6. The minimum absolute atomic E-state index is 0.423. The molecule has 0 aliphatic heterocycles. The molecule has 8 heavy (non-hydrogen) atoms. The molecule has 0 aromatic heterocycles. The van der Waals surface area contributed by atoms with E-state index in [9.17, 15) is 8.76 Å². The molecule has 0 heterocycles. The Kier molecular flexibility index (Phi) is 3.68. The van der Waals surface area contributed by atoms with Gasteiger partial charge in [-0.05, 0) is 6.92 Å². The maximum Gasteiger partial charge on any atom is 0.0887 e. The summed E-state index contributed by atoms with van der Waals surface area (Å²) >= 11 is -2.42. The molecule has 0 N–H and O–H groups in total. The lowest BCUT2D eigenvalue weighted by molar-refractivity contribution is 0.261. The second-order valence-electron chi connectivity index (χ2n) is 1.24. The van der Waals surface area contributed by atoms with Gasteiger partial charge in [0.1, 0.15) is 0 Å². The second kappa shape index (κ2) is 3.77. The number of hydrogen-bond donors (Lipinski definition) is 0. The van der Waals surface area contributed by atoms with Crippen LogP contribution in [0.25, 0.3) is 0 Å². The summed E-state index contributed by atoms with van der Waals surface area (Å²) in [5, 5.41) is 0. The van der Waals surface area contributed by atoms with E-state index in [2.05, 4.69) is 10.8 Å². The van der Waals surface area contributed by atoms with Gasteiger partial charge in [-0.15, -0.1) is 6.58 Å². The Morgan fingerprint density at radius 2 is 2.50 bits per heavy atom. The third-order valence-electron chi connectivity index (χ3n) is 0.562. The second-order valence-corrected chi connectivity index (χ2v) is 1.84. The van der Waals surface area contributed by atoms with E-state index < -0.39 is 17.5 Å². The van der Waals surface area contributed by atoms with Crippen LogP contribution in [0.4, 0.5) is 0 Å². The quantitative estimate of drug-likeness (QED) is 0.415. The Morgan fingerprint density at radius 1 is 2.00 bits per heavy atom. The van der Waals surface area contributed by atoms with Crippen molar-refractivity contribution in [2.45, 2.75) is 13.0 Å². The standard InChI is InChI=1S/C4H8O3S/c1-3-4(2)7-8(5)6/h3-4H,1H2,2H3,(H,5,6)/p-1. The normalized spacial score (nSPS) is 17.2. The highest BCUT2D eigenvalue weighted by atomic mass is 32.2. The molecule has 0 rings (SSSR count). The highest BCUT2D eigenvalue weighted by molar-refractivity contribution is 7.74. The molecule has 0 amide bonds. The molecule has 2 unspecified atom stereocenters. The van der Waals surface area contributed by atoms with E-state index in [0.717, 1.165) is 0 Å². The van der Waals surface area contributed by atoms with Crippen molar-refractivity contribution < 1.29 is 12.9 Å². The molecule has 0 aliphatic carbocycles. The fourth-order valence-electron chi connectivity index (χ4n) is 0.163. The van der Waals surface area contributed by atoms with Gasteiger partial charge in [-0.25, -0.2) is 4.21 Å². The first-order valence-electron chi connectivity index (χ1n) is 2.05. The fraction of sp³-hybridized carbons (Fsp3) is 0.500. The first kappa shape index (κ1) is 7.81. The summed E-state index contributed by atoms with van der Waals surface area (Å²) in [5.41, 5.74) is 0. The van der Waals surface area contributed by atoms with Gasteiger partial charge in [0.05, 0.1) is 17.5 Å². The summed E-state index contributed by atoms with van der Waals surface area (Å²) in [6.45, 7) is 4.90. The largest absolute Gasteiger partial charge is 0.750 e. The van der Waals surface area contributed by atoms with Crippen molar-refractivity contribution in [2.75, 3.05) is 0 Å². The zero-order valence-corrected chi connectivity index (χ0v) is 5.31. The fourth-order valence-corrected chi connectivity index (χ4v) is 0.490. The van der Waals surface area contributed by atoms with Gasteiger partial charge < -0.3 is 4.55 Å². The molecular formula is C4H7O3S-. The van der Waals surface area contributed by atoms with Crippen molar-refractivity contribution in [1.82, 2.24) is 0 Å². The third kappa shape index (κ3) is 3.98. The van der Waals surface area contributed by atoms with Crippen molar-refractivity contribution in [2.24, 2.45) is 0 Å². The van der Waals surface area contributed by atoms with E-state index in [1.165, 1.54) is 6.08 Å². The average molecular weight is 135 g/mol. The predicted octanol–water partition coefficient (Wildman–Crippen LogP) is 0.372. The van der Waals surface area contributed by atoms with Crippen LogP contribution in [-0.4, -0.2) is 14.9 Å². The van der Waals surface area contributed by atoms with Gasteiger partial charge in [-0.1, -0.05) is 6.08 Å². The summed E-state index contributed by atoms with van der Waals surface area (Å²) in [6.07, 6.45) is 0.976. The van der Waals surface area contributed by atoms with E-state index in [1.807, 2.05) is 0 Å². The Morgan fingerprint density at radius 3 is 2.62 bits per heavy atom. The molecule has 2 atom stereocenters. The first-order chi connectivity index (χ1) is 3.66. The van der Waals surface area contributed by atoms with Crippen molar-refractivity contribution in [3.8, 4) is 0 Å². The first-order valence-corrected chi connectivity index (χ1v) is 3.05. The lowest BCUT2D eigenvalue weighted by Crippen LogP contribution is -2.05. The van der Waals surface area contributed by atoms with Crippen molar-refractivity contribution in [3.63, 3.8) is 0 Å². The molecule has 0 aromatic rings. The topological polar surface area (TPSA) is 49.4 Å². The number of hydrogen-bond acceptors (Lipinski definition) is 3. The molecule has 0 bridgehead atoms. The van der Waals surface area contributed by atoms with Gasteiger partial charge in [0.15, 0.2) is 0 Å². The van der Waals surface area contributed by atoms with Gasteiger partial charge in [-0.3, -0.25) is 4.18 Å². The van der Waals surface area contributed by atoms with E-state index in [0.29, 0.717) is 0 Å². The summed E-state index contributed by atoms with van der Waals surface area (Å²) in [6, 6.07) is 0. The van der Waals surface area contributed by atoms with Crippen molar-refractivity contribution in [3.05, 3.63) is 12.7 Å². The smallest absolute Gasteiger partial charge is 0.0887 e. The molecule has 0 radical (unpaired) electrons. The zero-order valence-electron chi connectivity index (χ0n) is 4.49. The van der Waals surface area contributed by atoms with Crippen LogP contribution in [0.5, 0.6) is 0 Å². The van der Waals surface area contributed by atoms with E-state index in [-0.39, 0.29) is 0 Å². The molecule has 4 heteroatoms. The van der Waals surface area contributed by atoms with Crippen LogP contribution >= 0.6 is 0 Å². The number of rotatable bonds is 3. The molecule has 0 saturated carbocycles. The lowest BCUT2D eigenvalue weighted by atomic mass is 10.4. The van der Waals surface area contributed by atoms with Crippen LogP contribution in [0.15, 0.2) is 12.7 Å². The summed E-state index contributed by atoms with van der Waals surface area (Å²) in [7, 11) is 0. The van der Waals surface area contributed by atoms with Crippen molar-refractivity contribution >= 4 is 11.4 Å². The van der Waals surface area contributed by atoms with Gasteiger partial charge in [0.25, 0.3) is 0 Å². The SMILES string of the molecule is C=CC(C)OS(=O)[O-]. The third-order valence-corrected chi connectivity index (χ3v) is 1.02. The molecule has 3 nitrogen and oxygen atoms in total. The van der Waals surface area contributed by atoms with Crippen LogP contribution in [0.2, 0.25) is 0 Å². The highest BCUT2D eigenvalue weighted by Gasteiger charge is 1.91. The zero-order chi connectivity index (χ0) is 6.57. The Hall–Kier alpha value is -0.190. The van der Waals surface area contributed by atoms with Crippen LogP contribution in [0.1, 0.15) is 6.92 Å². The molecule has 0 aliphatic rings. The van der Waals surface area contributed by atoms with Gasteiger partial charge in [0.2, 0.25) is 0 Å². The maximum atomic E-state index is 9.70. The van der Waals surface area contributed by atoms with E-state index >= 15 is 0 Å². The van der Waals surface area contributed by atoms with Gasteiger partial charge in [-0.2, -0.15) is 0 Å². The van der Waals surface area contributed by atoms with Crippen LogP contribution in [-0.2, 0) is 15.5 Å². The Bertz CT molecular complexity index is 101. The molecule has 0 saturated heterocycles. The van der Waals surface area contributed by atoms with Crippen LogP contribution in [0.3, 0.4) is 0 Å². The van der Waals surface area contributed by atoms with E-state index in [4.69, 9.17) is 0 Å². The average Bonchev–Trinajstić information content (AvgIpc) is 1.65. The van der Waals surface area contributed by atoms with Crippen LogP contribution < -0.4 is 0 Å². The van der Waals surface area contributed by atoms with Gasteiger partial charge in [0, 0.05) is 0 Å². The summed E-state index contributed by atoms with van der Waals surface area (Å²) in [5.74, 6) is 0. The molecule has 48 valence electrons. The molecule has 0 fully saturated rings. The minimum atomic E-state index is -2.42.